The molecular weight excluding hydrogens is 781 g/mol. The van der Waals surface area contributed by atoms with E-state index in [0.29, 0.717) is 11.5 Å². The van der Waals surface area contributed by atoms with Crippen LogP contribution in [0.1, 0.15) is 174 Å². The second-order valence-corrected chi connectivity index (χ2v) is 19.4. The summed E-state index contributed by atoms with van der Waals surface area (Å²) in [5, 5.41) is 38.4. The number of phenolic OH excluding ortho intramolecular Hbond substituents is 2. The first-order valence-corrected chi connectivity index (χ1v) is 21.2. The fourth-order valence-electron chi connectivity index (χ4n) is 8.05. The number of aryl methyl sites for hydroxylation is 1. The zero-order valence-corrected chi connectivity index (χ0v) is 38.0. The maximum absolute atomic E-state index is 11.6. The van der Waals surface area contributed by atoms with Gasteiger partial charge < -0.3 is 20.4 Å². The molecule has 0 amide bonds. The molecule has 328 valence electrons. The molecular formula is C48H75CrN4O6+. The Labute approximate surface area is 366 Å². The van der Waals surface area contributed by atoms with Crippen molar-refractivity contribution in [2.75, 3.05) is 26.2 Å². The number of benzene rings is 2. The summed E-state index contributed by atoms with van der Waals surface area (Å²) in [6.07, 6.45) is 15.5. The first-order valence-electron chi connectivity index (χ1n) is 21.2. The monoisotopic (exact) mass is 856 g/mol. The summed E-state index contributed by atoms with van der Waals surface area (Å²) in [6.45, 7) is 24.4. The van der Waals surface area contributed by atoms with E-state index in [9.17, 15) is 19.8 Å². The summed E-state index contributed by atoms with van der Waals surface area (Å²) in [6, 6.07) is 8.69. The van der Waals surface area contributed by atoms with E-state index in [-0.39, 0.29) is 53.1 Å². The maximum atomic E-state index is 11.6. The van der Waals surface area contributed by atoms with Crippen LogP contribution >= 0.6 is 0 Å². The molecule has 0 radical (unpaired) electrons. The van der Waals surface area contributed by atoms with Crippen molar-refractivity contribution in [3.05, 3.63) is 57.6 Å². The molecule has 59 heavy (non-hydrogen) atoms. The van der Waals surface area contributed by atoms with Crippen molar-refractivity contribution in [1.29, 1.82) is 0 Å². The molecule has 1 fully saturated rings. The van der Waals surface area contributed by atoms with Gasteiger partial charge in [-0.25, -0.2) is 0 Å². The molecule has 2 aromatic carbocycles. The normalized spacial score (nSPS) is 19.0. The standard InChI is InChI=1S/C44H66N4O2.C3H4O4.CH4.Cr/c1-42(2,3)34-25-31(17-15-22-48-24-16-23-47-21-14-10-11-20-39(47)48)40(49)32(26-34)29-45-37-18-12-13-19-38(37)46-30-33-27-35(43(4,5)6)28-36(41(33)50)44(7,8)9;4-2(5)1-3(6)7;;/h25-30,37-38H,10-24H2,1-9H3,(H-,45,46,49,50);1H2,(H,4,5)(H,6,7);1H4;/p+1. The number of aliphatic carboxylic acids is 2. The Morgan fingerprint density at radius 3 is 1.76 bits per heavy atom. The average molecular weight is 856 g/mol. The number of aromatic hydroxyl groups is 2. The number of amidine groups is 1. The molecule has 4 N–H and O–H groups in total. The van der Waals surface area contributed by atoms with Crippen molar-refractivity contribution in [3.63, 3.8) is 0 Å². The number of hydrogen-bond acceptors (Lipinski definition) is 7. The van der Waals surface area contributed by atoms with Crippen molar-refractivity contribution < 1.29 is 52.0 Å². The molecule has 5 rings (SSSR count). The van der Waals surface area contributed by atoms with Crippen LogP contribution in [0.4, 0.5) is 0 Å². The third kappa shape index (κ3) is 15.1. The van der Waals surface area contributed by atoms with Crippen LogP contribution in [-0.2, 0) is 49.6 Å². The number of hydrogen-bond donors (Lipinski definition) is 4. The van der Waals surface area contributed by atoms with Gasteiger partial charge in [0.05, 0.1) is 38.3 Å². The molecule has 2 aromatic rings. The van der Waals surface area contributed by atoms with Gasteiger partial charge in [-0.2, -0.15) is 0 Å². The van der Waals surface area contributed by atoms with Crippen molar-refractivity contribution in [1.82, 2.24) is 4.90 Å². The number of aliphatic imine (C=N–C) groups is 2. The van der Waals surface area contributed by atoms with E-state index in [2.05, 4.69) is 96.1 Å². The summed E-state index contributed by atoms with van der Waals surface area (Å²) < 4.78 is 2.64. The van der Waals surface area contributed by atoms with Crippen molar-refractivity contribution in [3.8, 4) is 11.5 Å². The number of carbonyl (C=O) groups is 2. The van der Waals surface area contributed by atoms with Crippen LogP contribution in [0.3, 0.4) is 0 Å². The van der Waals surface area contributed by atoms with Crippen LogP contribution in [0.5, 0.6) is 11.5 Å². The van der Waals surface area contributed by atoms with Gasteiger partial charge in [-0.3, -0.25) is 29.0 Å². The van der Waals surface area contributed by atoms with E-state index < -0.39 is 18.4 Å². The van der Waals surface area contributed by atoms with Gasteiger partial charge in [-0.1, -0.05) is 94.7 Å². The molecule has 3 aliphatic rings. The minimum Gasteiger partial charge on any atom is -0.507 e. The second-order valence-electron chi connectivity index (χ2n) is 19.4. The maximum Gasteiger partial charge on any atom is 0.314 e. The molecule has 2 aliphatic heterocycles. The van der Waals surface area contributed by atoms with Gasteiger partial charge in [0.1, 0.15) is 17.9 Å². The zero-order chi connectivity index (χ0) is 42.1. The molecule has 1 saturated carbocycles. The third-order valence-corrected chi connectivity index (χ3v) is 11.5. The van der Waals surface area contributed by atoms with Gasteiger partial charge in [0.15, 0.2) is 0 Å². The number of nitrogens with zero attached hydrogens (tertiary/aromatic N) is 4. The zero-order valence-electron chi connectivity index (χ0n) is 36.7. The number of carboxylic acids is 2. The van der Waals surface area contributed by atoms with Gasteiger partial charge in [0.2, 0.25) is 5.84 Å². The van der Waals surface area contributed by atoms with Gasteiger partial charge in [0, 0.05) is 59.3 Å². The average Bonchev–Trinajstić information content (AvgIpc) is 3.36. The van der Waals surface area contributed by atoms with Crippen molar-refractivity contribution in [2.24, 2.45) is 9.98 Å². The summed E-state index contributed by atoms with van der Waals surface area (Å²) in [4.78, 5) is 31.7. The Balaban J connectivity index is 0.00000122. The quantitative estimate of drug-likeness (QED) is 0.106. The van der Waals surface area contributed by atoms with Crippen LogP contribution in [-0.4, -0.2) is 98.4 Å². The Morgan fingerprint density at radius 1 is 0.729 bits per heavy atom. The molecule has 0 spiro atoms. The predicted molar refractivity (Wildman–Crippen MR) is 238 cm³/mol. The molecule has 0 bridgehead atoms. The molecule has 1 aliphatic carbocycles. The predicted octanol–water partition coefficient (Wildman–Crippen LogP) is 9.64. The third-order valence-electron chi connectivity index (χ3n) is 11.5. The minimum absolute atomic E-state index is 0. The van der Waals surface area contributed by atoms with Crippen LogP contribution in [0, 0.1) is 0 Å². The fraction of sp³-hybridized carbons (Fsp3) is 0.646. The number of carboxylic acid groups (broad SMARTS) is 2. The Morgan fingerprint density at radius 2 is 1.25 bits per heavy atom. The molecule has 2 heterocycles. The van der Waals surface area contributed by atoms with Crippen molar-refractivity contribution >= 4 is 30.2 Å². The number of rotatable bonds is 10. The van der Waals surface area contributed by atoms with Gasteiger partial charge >= 0.3 is 11.9 Å². The smallest absolute Gasteiger partial charge is 0.314 e. The summed E-state index contributed by atoms with van der Waals surface area (Å²) in [5.74, 6) is -0.365. The first kappa shape index (κ1) is 51.5. The molecule has 0 saturated heterocycles. The second kappa shape index (κ2) is 22.2. The van der Waals surface area contributed by atoms with E-state index in [1.165, 1.54) is 56.3 Å². The Kier molecular flexibility index (Phi) is 19.4. The topological polar surface area (TPSA) is 146 Å². The van der Waals surface area contributed by atoms with Gasteiger partial charge in [0.25, 0.3) is 0 Å². The van der Waals surface area contributed by atoms with Crippen molar-refractivity contribution in [2.45, 2.75) is 175 Å². The van der Waals surface area contributed by atoms with E-state index in [1.54, 1.807) is 5.84 Å². The molecule has 0 aromatic heterocycles. The Bertz CT molecular complexity index is 1800. The van der Waals surface area contributed by atoms with E-state index in [4.69, 9.17) is 20.2 Å². The van der Waals surface area contributed by atoms with E-state index in [0.717, 1.165) is 73.9 Å². The SMILES string of the molecule is C.CC(C)(C)c1cc(C=NC2CCCCC2N=Cc2cc(C(C)(C)C)cc(C(C)(C)C)c2O)c(O)c(CCCN2CCC[N+]3=C2CCCCC3)c1.O=C(O)CC(=O)O.[Cr]. The van der Waals surface area contributed by atoms with Crippen LogP contribution in [0.25, 0.3) is 0 Å². The summed E-state index contributed by atoms with van der Waals surface area (Å²) in [7, 11) is 0. The van der Waals surface area contributed by atoms with Crippen LogP contribution in [0.2, 0.25) is 0 Å². The van der Waals surface area contributed by atoms with E-state index in [1.807, 2.05) is 12.4 Å². The van der Waals surface area contributed by atoms with E-state index >= 15 is 0 Å². The summed E-state index contributed by atoms with van der Waals surface area (Å²) >= 11 is 0. The van der Waals surface area contributed by atoms with Gasteiger partial charge in [-0.15, -0.1) is 0 Å². The molecule has 2 atom stereocenters. The molecule has 10 nitrogen and oxygen atoms in total. The van der Waals surface area contributed by atoms with Gasteiger partial charge in [-0.05, 0) is 90.0 Å². The first-order chi connectivity index (χ1) is 26.6. The molecule has 11 heteroatoms. The minimum atomic E-state index is -1.31. The Hall–Kier alpha value is -3.68. The number of phenols is 2. The largest absolute Gasteiger partial charge is 0.507 e. The fourth-order valence-corrected chi connectivity index (χ4v) is 8.05. The molecule has 2 unspecified atom stereocenters. The van der Waals surface area contributed by atoms with Crippen LogP contribution in [0.15, 0.2) is 34.3 Å². The van der Waals surface area contributed by atoms with Crippen LogP contribution < -0.4 is 0 Å². The summed E-state index contributed by atoms with van der Waals surface area (Å²) in [5.41, 5.74) is 5.74.